The van der Waals surface area contributed by atoms with Crippen molar-refractivity contribution >= 4 is 22.2 Å². The summed E-state index contributed by atoms with van der Waals surface area (Å²) in [5.41, 5.74) is -2.00. The van der Waals surface area contributed by atoms with Gasteiger partial charge in [0.1, 0.15) is 0 Å². The van der Waals surface area contributed by atoms with Gasteiger partial charge in [-0.3, -0.25) is 14.3 Å². The van der Waals surface area contributed by atoms with Gasteiger partial charge in [0.25, 0.3) is 5.69 Å². The second-order valence-electron chi connectivity index (χ2n) is 4.17. The molecule has 9 heteroatoms. The molecule has 0 aromatic heterocycles. The van der Waals surface area contributed by atoms with E-state index in [4.69, 9.17) is 0 Å². The summed E-state index contributed by atoms with van der Waals surface area (Å²) in [7, 11) is -1.18. The van der Waals surface area contributed by atoms with Gasteiger partial charge in [-0.1, -0.05) is 0 Å². The summed E-state index contributed by atoms with van der Waals surface area (Å²) in [4.78, 5) is 9.64. The van der Waals surface area contributed by atoms with Crippen LogP contribution >= 0.6 is 0 Å². The fourth-order valence-electron chi connectivity index (χ4n) is 1.41. The summed E-state index contributed by atoms with van der Waals surface area (Å²) in [6.45, 7) is 1.70. The minimum Gasteiger partial charge on any atom is -0.383 e. The van der Waals surface area contributed by atoms with Gasteiger partial charge in [-0.2, -0.15) is 13.2 Å². The number of alkyl halides is 3. The molecule has 0 heterocycles. The zero-order valence-electron chi connectivity index (χ0n) is 10.7. The largest absolute Gasteiger partial charge is 0.418 e. The molecule has 0 aliphatic carbocycles. The third-order valence-electron chi connectivity index (χ3n) is 2.67. The highest BCUT2D eigenvalue weighted by atomic mass is 32.2. The number of non-ortho nitro benzene ring substituents is 1. The van der Waals surface area contributed by atoms with Gasteiger partial charge in [0.15, 0.2) is 0 Å². The molecule has 0 amide bonds. The topological polar surface area (TPSA) is 72.2 Å². The van der Waals surface area contributed by atoms with Crippen LogP contribution in [0, 0.1) is 10.1 Å². The van der Waals surface area contributed by atoms with E-state index in [1.807, 2.05) is 0 Å². The van der Waals surface area contributed by atoms with E-state index >= 15 is 0 Å². The monoisotopic (exact) mass is 310 g/mol. The molecule has 0 saturated heterocycles. The second-order valence-corrected chi connectivity index (χ2v) is 5.98. The number of nitro groups is 1. The lowest BCUT2D eigenvalue weighted by atomic mass is 10.1. The van der Waals surface area contributed by atoms with Crippen LogP contribution < -0.4 is 5.32 Å². The number of nitrogens with one attached hydrogen (secondary N) is 1. The molecule has 0 fully saturated rings. The second kappa shape index (κ2) is 6.21. The molecule has 5 nitrogen and oxygen atoms in total. The maximum absolute atomic E-state index is 12.9. The number of halogens is 3. The van der Waals surface area contributed by atoms with Crippen LogP contribution in [0.15, 0.2) is 18.2 Å². The molecule has 20 heavy (non-hydrogen) atoms. The van der Waals surface area contributed by atoms with Gasteiger partial charge in [0, 0.05) is 46.7 Å². The number of anilines is 1. The van der Waals surface area contributed by atoms with E-state index in [0.29, 0.717) is 6.07 Å². The molecule has 112 valence electrons. The van der Waals surface area contributed by atoms with Crippen molar-refractivity contribution in [3.05, 3.63) is 33.9 Å². The van der Waals surface area contributed by atoms with Gasteiger partial charge < -0.3 is 5.32 Å². The van der Waals surface area contributed by atoms with Crippen LogP contribution in [0.25, 0.3) is 0 Å². The quantitative estimate of drug-likeness (QED) is 0.670. The minimum absolute atomic E-state index is 0.0734. The number of nitrogens with zero attached hydrogens (tertiary/aromatic N) is 1. The van der Waals surface area contributed by atoms with Crippen molar-refractivity contribution in [1.29, 1.82) is 0 Å². The molecule has 0 bridgehead atoms. The molecule has 0 aliphatic rings. The Hall–Kier alpha value is -1.64. The van der Waals surface area contributed by atoms with Gasteiger partial charge in [-0.05, 0) is 13.0 Å². The molecule has 0 spiro atoms. The Bertz CT molecular complexity index is 534. The Morgan fingerprint density at radius 2 is 2.05 bits per heavy atom. The van der Waals surface area contributed by atoms with Crippen molar-refractivity contribution in [2.24, 2.45) is 0 Å². The van der Waals surface area contributed by atoms with Gasteiger partial charge in [-0.25, -0.2) is 0 Å². The van der Waals surface area contributed by atoms with E-state index in [-0.39, 0.29) is 17.5 Å². The summed E-state index contributed by atoms with van der Waals surface area (Å²) in [5, 5.41) is 12.7. The van der Waals surface area contributed by atoms with Gasteiger partial charge >= 0.3 is 6.18 Å². The predicted molar refractivity (Wildman–Crippen MR) is 70.1 cm³/mol. The van der Waals surface area contributed by atoms with Gasteiger partial charge in [0.2, 0.25) is 0 Å². The standard InChI is InChI=1S/C11H13F3N2O3S/c1-7(20(2)19)6-15-10-4-3-8(16(17)18)5-9(10)11(12,13)14/h3-5,7,15H,6H2,1-2H3. The van der Waals surface area contributed by atoms with Crippen molar-refractivity contribution < 1.29 is 22.3 Å². The Morgan fingerprint density at radius 3 is 2.50 bits per heavy atom. The lowest BCUT2D eigenvalue weighted by Gasteiger charge is -2.16. The Balaban J connectivity index is 3.07. The maximum Gasteiger partial charge on any atom is 0.418 e. The number of hydrogen-bond acceptors (Lipinski definition) is 4. The van der Waals surface area contributed by atoms with Gasteiger partial charge in [0.05, 0.1) is 10.5 Å². The normalized spacial score (nSPS) is 14.7. The third kappa shape index (κ3) is 4.19. The van der Waals surface area contributed by atoms with Crippen LogP contribution in [-0.4, -0.2) is 27.2 Å². The lowest BCUT2D eigenvalue weighted by Crippen LogP contribution is -2.22. The zero-order chi connectivity index (χ0) is 15.5. The van der Waals surface area contributed by atoms with Crippen LogP contribution in [0.2, 0.25) is 0 Å². The van der Waals surface area contributed by atoms with Crippen molar-refractivity contribution in [3.63, 3.8) is 0 Å². The zero-order valence-corrected chi connectivity index (χ0v) is 11.5. The number of benzene rings is 1. The van der Waals surface area contributed by atoms with Crippen molar-refractivity contribution in [1.82, 2.24) is 0 Å². The molecule has 1 N–H and O–H groups in total. The molecule has 0 saturated carbocycles. The summed E-state index contributed by atoms with van der Waals surface area (Å²) in [5.74, 6) is 0. The molecule has 1 aromatic carbocycles. The molecular formula is C11H13F3N2O3S. The first kappa shape index (κ1) is 16.4. The van der Waals surface area contributed by atoms with E-state index in [1.165, 1.54) is 6.26 Å². The van der Waals surface area contributed by atoms with Crippen LogP contribution in [0.4, 0.5) is 24.5 Å². The minimum atomic E-state index is -4.71. The molecule has 0 radical (unpaired) electrons. The smallest absolute Gasteiger partial charge is 0.383 e. The first-order valence-electron chi connectivity index (χ1n) is 5.54. The van der Waals surface area contributed by atoms with Crippen molar-refractivity contribution in [2.75, 3.05) is 18.1 Å². The summed E-state index contributed by atoms with van der Waals surface area (Å²) in [6.07, 6.45) is -3.25. The molecule has 0 aliphatic heterocycles. The summed E-state index contributed by atoms with van der Waals surface area (Å²) in [6, 6.07) is 2.48. The molecule has 2 unspecified atom stereocenters. The summed E-state index contributed by atoms with van der Waals surface area (Å²) >= 11 is 0. The van der Waals surface area contributed by atoms with E-state index in [1.54, 1.807) is 6.92 Å². The number of hydrogen-bond donors (Lipinski definition) is 1. The SMILES string of the molecule is CC(CNc1ccc([N+](=O)[O-])cc1C(F)(F)F)S(C)=O. The number of rotatable bonds is 5. The van der Waals surface area contributed by atoms with Crippen LogP contribution in [0.5, 0.6) is 0 Å². The lowest BCUT2D eigenvalue weighted by molar-refractivity contribution is -0.385. The molecular weight excluding hydrogens is 297 g/mol. The summed E-state index contributed by atoms with van der Waals surface area (Å²) < 4.78 is 49.7. The highest BCUT2D eigenvalue weighted by molar-refractivity contribution is 7.84. The third-order valence-corrected chi connectivity index (χ3v) is 3.97. The fraction of sp³-hybridized carbons (Fsp3) is 0.455. The highest BCUT2D eigenvalue weighted by Crippen LogP contribution is 2.37. The average molecular weight is 310 g/mol. The van der Waals surface area contributed by atoms with E-state index in [0.717, 1.165) is 12.1 Å². The van der Waals surface area contributed by atoms with Crippen molar-refractivity contribution in [3.8, 4) is 0 Å². The van der Waals surface area contributed by atoms with Crippen LogP contribution in [0.1, 0.15) is 12.5 Å². The first-order chi connectivity index (χ1) is 9.12. The molecule has 2 atom stereocenters. The van der Waals surface area contributed by atoms with Crippen molar-refractivity contribution in [2.45, 2.75) is 18.3 Å². The first-order valence-corrected chi connectivity index (χ1v) is 7.16. The Morgan fingerprint density at radius 1 is 1.45 bits per heavy atom. The van der Waals surface area contributed by atoms with E-state index in [9.17, 15) is 27.5 Å². The predicted octanol–water partition coefficient (Wildman–Crippen LogP) is 2.79. The van der Waals surface area contributed by atoms with E-state index < -0.39 is 33.2 Å². The Kier molecular flexibility index (Phi) is 5.09. The maximum atomic E-state index is 12.9. The highest BCUT2D eigenvalue weighted by Gasteiger charge is 2.35. The molecule has 1 rings (SSSR count). The van der Waals surface area contributed by atoms with E-state index in [2.05, 4.69) is 5.32 Å². The average Bonchev–Trinajstić information content (AvgIpc) is 2.34. The van der Waals surface area contributed by atoms with Crippen LogP contribution in [0.3, 0.4) is 0 Å². The van der Waals surface area contributed by atoms with Crippen LogP contribution in [-0.2, 0) is 17.0 Å². The number of nitro benzene ring substituents is 1. The fourth-order valence-corrected chi connectivity index (χ4v) is 1.72. The van der Waals surface area contributed by atoms with Gasteiger partial charge in [-0.15, -0.1) is 0 Å². The Labute approximate surface area is 115 Å². The molecule has 1 aromatic rings.